The van der Waals surface area contributed by atoms with E-state index in [4.69, 9.17) is 0 Å². The van der Waals surface area contributed by atoms with Crippen LogP contribution in [0.4, 0.5) is 0 Å². The van der Waals surface area contributed by atoms with Gasteiger partial charge in [0, 0.05) is 13.1 Å². The summed E-state index contributed by atoms with van der Waals surface area (Å²) in [4.78, 5) is 15.1. The molecule has 30 heavy (non-hydrogen) atoms. The second-order valence-electron chi connectivity index (χ2n) is 7.23. The molecule has 0 bridgehead atoms. The zero-order valence-corrected chi connectivity index (χ0v) is 16.8. The summed E-state index contributed by atoms with van der Waals surface area (Å²) in [7, 11) is 0. The predicted octanol–water partition coefficient (Wildman–Crippen LogP) is 4.21. The van der Waals surface area contributed by atoms with Crippen molar-refractivity contribution in [3.8, 4) is 0 Å². The molecule has 5 nitrogen and oxygen atoms in total. The van der Waals surface area contributed by atoms with E-state index in [-0.39, 0.29) is 5.91 Å². The highest BCUT2D eigenvalue weighted by atomic mass is 16.2. The first-order valence-corrected chi connectivity index (χ1v) is 10.1. The van der Waals surface area contributed by atoms with E-state index in [1.54, 1.807) is 10.9 Å². The fourth-order valence-electron chi connectivity index (χ4n) is 3.37. The minimum atomic E-state index is -0.103. The van der Waals surface area contributed by atoms with Gasteiger partial charge < -0.3 is 4.90 Å². The molecule has 0 unspecified atom stereocenters. The highest BCUT2D eigenvalue weighted by Crippen LogP contribution is 2.11. The second-order valence-corrected chi connectivity index (χ2v) is 7.23. The van der Waals surface area contributed by atoms with E-state index >= 15 is 0 Å². The molecular weight excluding hydrogens is 372 g/mol. The quantitative estimate of drug-likeness (QED) is 0.448. The number of benzene rings is 3. The number of nitrogens with zero attached hydrogens (tertiary/aromatic N) is 4. The van der Waals surface area contributed by atoms with Crippen molar-refractivity contribution >= 4 is 5.91 Å². The summed E-state index contributed by atoms with van der Waals surface area (Å²) in [6, 6.07) is 30.3. The van der Waals surface area contributed by atoms with Crippen LogP contribution in [0.5, 0.6) is 0 Å². The first-order valence-electron chi connectivity index (χ1n) is 10.1. The van der Waals surface area contributed by atoms with E-state index in [0.29, 0.717) is 25.3 Å². The van der Waals surface area contributed by atoms with Gasteiger partial charge in [0.25, 0.3) is 5.91 Å². The number of hydrogen-bond acceptors (Lipinski definition) is 3. The molecule has 0 spiro atoms. The minimum absolute atomic E-state index is 0.103. The lowest BCUT2D eigenvalue weighted by Crippen LogP contribution is -2.32. The van der Waals surface area contributed by atoms with Crippen LogP contribution in [0.3, 0.4) is 0 Å². The zero-order valence-electron chi connectivity index (χ0n) is 16.8. The Morgan fingerprint density at radius 1 is 0.767 bits per heavy atom. The average molecular weight is 396 g/mol. The van der Waals surface area contributed by atoms with Crippen LogP contribution in [0.25, 0.3) is 0 Å². The van der Waals surface area contributed by atoms with Crippen molar-refractivity contribution in [2.24, 2.45) is 0 Å². The number of carbonyl (C=O) groups excluding carboxylic acids is 1. The van der Waals surface area contributed by atoms with E-state index < -0.39 is 0 Å². The van der Waals surface area contributed by atoms with Crippen molar-refractivity contribution in [2.75, 3.05) is 6.54 Å². The highest BCUT2D eigenvalue weighted by Gasteiger charge is 2.19. The van der Waals surface area contributed by atoms with E-state index in [1.165, 1.54) is 5.56 Å². The first-order chi connectivity index (χ1) is 14.8. The van der Waals surface area contributed by atoms with Crippen LogP contribution in [0.15, 0.2) is 97.2 Å². The molecule has 1 amide bonds. The molecule has 4 rings (SSSR count). The van der Waals surface area contributed by atoms with E-state index in [9.17, 15) is 4.79 Å². The molecule has 0 radical (unpaired) electrons. The van der Waals surface area contributed by atoms with E-state index in [0.717, 1.165) is 17.5 Å². The van der Waals surface area contributed by atoms with Crippen LogP contribution in [-0.2, 0) is 19.5 Å². The smallest absolute Gasteiger partial charge is 0.276 e. The molecule has 0 aliphatic rings. The Kier molecular flexibility index (Phi) is 6.30. The molecule has 0 saturated carbocycles. The third kappa shape index (κ3) is 5.20. The lowest BCUT2D eigenvalue weighted by atomic mass is 10.1. The normalized spacial score (nSPS) is 10.7. The van der Waals surface area contributed by atoms with Crippen LogP contribution in [0, 0.1) is 0 Å². The summed E-state index contributed by atoms with van der Waals surface area (Å²) in [5, 5.41) is 8.31. The van der Waals surface area contributed by atoms with Gasteiger partial charge in [-0.15, -0.1) is 5.10 Å². The van der Waals surface area contributed by atoms with Crippen molar-refractivity contribution < 1.29 is 4.79 Å². The third-order valence-corrected chi connectivity index (χ3v) is 4.96. The van der Waals surface area contributed by atoms with Gasteiger partial charge in [-0.2, -0.15) is 0 Å². The Hall–Kier alpha value is -3.73. The van der Waals surface area contributed by atoms with Gasteiger partial charge in [0.15, 0.2) is 5.69 Å². The summed E-state index contributed by atoms with van der Waals surface area (Å²) in [6.07, 6.45) is 2.52. The molecular formula is C25H24N4O. The molecule has 0 N–H and O–H groups in total. The molecule has 1 heterocycles. The van der Waals surface area contributed by atoms with Gasteiger partial charge in [-0.05, 0) is 23.1 Å². The summed E-state index contributed by atoms with van der Waals surface area (Å²) in [5.41, 5.74) is 3.79. The van der Waals surface area contributed by atoms with Crippen molar-refractivity contribution in [1.29, 1.82) is 0 Å². The minimum Gasteiger partial charge on any atom is -0.333 e. The van der Waals surface area contributed by atoms with Crippen molar-refractivity contribution in [3.63, 3.8) is 0 Å². The molecule has 0 aliphatic heterocycles. The third-order valence-electron chi connectivity index (χ3n) is 4.96. The first kappa shape index (κ1) is 19.6. The maximum absolute atomic E-state index is 13.2. The Morgan fingerprint density at radius 2 is 1.33 bits per heavy atom. The molecule has 4 aromatic rings. The van der Waals surface area contributed by atoms with Gasteiger partial charge in [-0.1, -0.05) is 96.2 Å². The molecule has 3 aromatic carbocycles. The molecule has 0 aliphatic carbocycles. The average Bonchev–Trinajstić information content (AvgIpc) is 3.26. The van der Waals surface area contributed by atoms with Crippen LogP contribution in [0.1, 0.15) is 27.2 Å². The Bertz CT molecular complexity index is 1060. The van der Waals surface area contributed by atoms with Gasteiger partial charge in [-0.3, -0.25) is 4.79 Å². The van der Waals surface area contributed by atoms with Crippen molar-refractivity contribution in [3.05, 3.63) is 120 Å². The van der Waals surface area contributed by atoms with E-state index in [1.807, 2.05) is 83.8 Å². The van der Waals surface area contributed by atoms with Crippen molar-refractivity contribution in [2.45, 2.75) is 19.5 Å². The summed E-state index contributed by atoms with van der Waals surface area (Å²) in [5.74, 6) is -0.103. The SMILES string of the molecule is O=C(c1cn(Cc2ccccc2)nn1)N(CCc1ccccc1)Cc1ccccc1. The number of rotatable bonds is 8. The maximum atomic E-state index is 13.2. The zero-order chi connectivity index (χ0) is 20.6. The summed E-state index contributed by atoms with van der Waals surface area (Å²) in [6.45, 7) is 1.74. The number of amides is 1. The van der Waals surface area contributed by atoms with Crippen LogP contribution < -0.4 is 0 Å². The standard InChI is InChI=1S/C25H24N4O/c30-25(24-20-29(27-26-24)19-23-14-8-3-9-15-23)28(18-22-12-6-2-7-13-22)17-16-21-10-4-1-5-11-21/h1-15,20H,16-19H2. The molecule has 1 aromatic heterocycles. The largest absolute Gasteiger partial charge is 0.333 e. The lowest BCUT2D eigenvalue weighted by Gasteiger charge is -2.22. The fourth-order valence-corrected chi connectivity index (χ4v) is 3.37. The molecule has 5 heteroatoms. The molecule has 150 valence electrons. The number of hydrogen-bond donors (Lipinski definition) is 0. The van der Waals surface area contributed by atoms with E-state index in [2.05, 4.69) is 22.4 Å². The van der Waals surface area contributed by atoms with Gasteiger partial charge in [-0.25, -0.2) is 4.68 Å². The Labute approximate surface area is 176 Å². The lowest BCUT2D eigenvalue weighted by molar-refractivity contribution is 0.0739. The Balaban J connectivity index is 1.49. The topological polar surface area (TPSA) is 51.0 Å². The molecule has 0 saturated heterocycles. The van der Waals surface area contributed by atoms with Gasteiger partial charge in [0.1, 0.15) is 0 Å². The van der Waals surface area contributed by atoms with Crippen LogP contribution >= 0.6 is 0 Å². The summed E-state index contributed by atoms with van der Waals surface area (Å²) < 4.78 is 1.71. The van der Waals surface area contributed by atoms with Crippen molar-refractivity contribution in [1.82, 2.24) is 19.9 Å². The fraction of sp³-hybridized carbons (Fsp3) is 0.160. The summed E-state index contributed by atoms with van der Waals surface area (Å²) >= 11 is 0. The van der Waals surface area contributed by atoms with Crippen LogP contribution in [-0.4, -0.2) is 32.3 Å². The second kappa shape index (κ2) is 9.65. The number of aromatic nitrogens is 3. The molecule has 0 fully saturated rings. The predicted molar refractivity (Wildman–Crippen MR) is 117 cm³/mol. The van der Waals surface area contributed by atoms with Crippen LogP contribution in [0.2, 0.25) is 0 Å². The Morgan fingerprint density at radius 3 is 1.97 bits per heavy atom. The monoisotopic (exact) mass is 396 g/mol. The molecule has 0 atom stereocenters. The van der Waals surface area contributed by atoms with Gasteiger partial charge in [0.05, 0.1) is 12.7 Å². The van der Waals surface area contributed by atoms with Gasteiger partial charge >= 0.3 is 0 Å². The maximum Gasteiger partial charge on any atom is 0.276 e. The van der Waals surface area contributed by atoms with Gasteiger partial charge in [0.2, 0.25) is 0 Å². The highest BCUT2D eigenvalue weighted by molar-refractivity contribution is 5.91. The number of carbonyl (C=O) groups is 1.